The second-order valence-corrected chi connectivity index (χ2v) is 4.48. The van der Waals surface area contributed by atoms with Crippen molar-refractivity contribution in [3.63, 3.8) is 0 Å². The van der Waals surface area contributed by atoms with Crippen molar-refractivity contribution in [2.75, 3.05) is 6.61 Å². The summed E-state index contributed by atoms with van der Waals surface area (Å²) in [6, 6.07) is 9.78. The minimum Gasteiger partial charge on any atom is -0.504 e. The monoisotopic (exact) mass is 303 g/mol. The van der Waals surface area contributed by atoms with Crippen molar-refractivity contribution < 1.29 is 24.7 Å². The van der Waals surface area contributed by atoms with Crippen LogP contribution in [-0.2, 0) is 11.2 Å². The van der Waals surface area contributed by atoms with Crippen molar-refractivity contribution in [2.24, 2.45) is 0 Å². The van der Waals surface area contributed by atoms with Crippen molar-refractivity contribution in [3.05, 3.63) is 63.7 Å². The third-order valence-electron chi connectivity index (χ3n) is 3.00. The number of aromatic hydroxyl groups is 2. The Balaban J connectivity index is 1.98. The van der Waals surface area contributed by atoms with E-state index in [0.29, 0.717) is 5.56 Å². The van der Waals surface area contributed by atoms with Gasteiger partial charge in [0.05, 0.1) is 17.1 Å². The van der Waals surface area contributed by atoms with Gasteiger partial charge in [-0.25, -0.2) is 4.79 Å². The van der Waals surface area contributed by atoms with Crippen molar-refractivity contribution in [1.29, 1.82) is 0 Å². The maximum atomic E-state index is 11.8. The third kappa shape index (κ3) is 3.51. The van der Waals surface area contributed by atoms with Gasteiger partial charge in [0.1, 0.15) is 0 Å². The Labute approximate surface area is 125 Å². The summed E-state index contributed by atoms with van der Waals surface area (Å²) in [7, 11) is 0. The van der Waals surface area contributed by atoms with E-state index in [4.69, 9.17) is 9.84 Å². The highest BCUT2D eigenvalue weighted by molar-refractivity contribution is 5.90. The molecule has 0 aliphatic heterocycles. The second-order valence-electron chi connectivity index (χ2n) is 4.48. The summed E-state index contributed by atoms with van der Waals surface area (Å²) in [5.74, 6) is -1.45. The van der Waals surface area contributed by atoms with Crippen LogP contribution in [0.15, 0.2) is 42.5 Å². The van der Waals surface area contributed by atoms with Gasteiger partial charge in [-0.1, -0.05) is 18.2 Å². The first-order valence-electron chi connectivity index (χ1n) is 6.40. The molecular formula is C15H13NO6. The molecule has 2 N–H and O–H groups in total. The number of nitrogens with zero attached hydrogens (tertiary/aromatic N) is 1. The number of esters is 1. The SMILES string of the molecule is O=C(OCCc1ccccc1[N+](=O)[O-])c1ccc(O)c(O)c1. The first-order valence-corrected chi connectivity index (χ1v) is 6.40. The molecule has 0 saturated heterocycles. The largest absolute Gasteiger partial charge is 0.504 e. The molecule has 0 radical (unpaired) electrons. The zero-order valence-corrected chi connectivity index (χ0v) is 11.4. The number of carbonyl (C=O) groups is 1. The highest BCUT2D eigenvalue weighted by Gasteiger charge is 2.14. The molecule has 22 heavy (non-hydrogen) atoms. The Hall–Kier alpha value is -3.09. The standard InChI is InChI=1S/C15H13NO6/c17-13-6-5-11(9-14(13)18)15(19)22-8-7-10-3-1-2-4-12(10)16(20)21/h1-6,9,17-18H,7-8H2. The lowest BCUT2D eigenvalue weighted by Gasteiger charge is -2.06. The zero-order chi connectivity index (χ0) is 16.1. The summed E-state index contributed by atoms with van der Waals surface area (Å²) in [5, 5.41) is 29.3. The molecule has 2 rings (SSSR count). The number of nitro groups is 1. The predicted molar refractivity (Wildman–Crippen MR) is 76.9 cm³/mol. The van der Waals surface area contributed by atoms with Gasteiger partial charge in [-0.3, -0.25) is 10.1 Å². The fourth-order valence-corrected chi connectivity index (χ4v) is 1.89. The van der Waals surface area contributed by atoms with Crippen LogP contribution >= 0.6 is 0 Å². The van der Waals surface area contributed by atoms with Gasteiger partial charge in [0.2, 0.25) is 0 Å². The number of benzene rings is 2. The number of rotatable bonds is 5. The summed E-state index contributed by atoms with van der Waals surface area (Å²) in [4.78, 5) is 22.1. The van der Waals surface area contributed by atoms with Gasteiger partial charge < -0.3 is 14.9 Å². The number of ether oxygens (including phenoxy) is 1. The molecule has 0 aromatic heterocycles. The molecule has 7 nitrogen and oxygen atoms in total. The summed E-state index contributed by atoms with van der Waals surface area (Å²) in [6.07, 6.45) is 0.201. The van der Waals surface area contributed by atoms with Gasteiger partial charge in [-0.05, 0) is 18.2 Å². The van der Waals surface area contributed by atoms with E-state index in [2.05, 4.69) is 0 Å². The van der Waals surface area contributed by atoms with E-state index in [9.17, 15) is 20.0 Å². The van der Waals surface area contributed by atoms with Crippen LogP contribution < -0.4 is 0 Å². The van der Waals surface area contributed by atoms with Gasteiger partial charge in [0, 0.05) is 18.1 Å². The van der Waals surface area contributed by atoms with Crippen molar-refractivity contribution in [1.82, 2.24) is 0 Å². The molecule has 0 unspecified atom stereocenters. The van der Waals surface area contributed by atoms with E-state index in [1.165, 1.54) is 18.2 Å². The Kier molecular flexibility index (Phi) is 4.57. The average Bonchev–Trinajstić information content (AvgIpc) is 2.50. The van der Waals surface area contributed by atoms with Crippen LogP contribution in [0.2, 0.25) is 0 Å². The number of hydrogen-bond acceptors (Lipinski definition) is 6. The predicted octanol–water partition coefficient (Wildman–Crippen LogP) is 2.41. The molecule has 0 heterocycles. The van der Waals surface area contributed by atoms with Gasteiger partial charge in [-0.2, -0.15) is 0 Å². The quantitative estimate of drug-likeness (QED) is 0.380. The smallest absolute Gasteiger partial charge is 0.338 e. The van der Waals surface area contributed by atoms with Crippen LogP contribution in [0.1, 0.15) is 15.9 Å². The number of para-hydroxylation sites is 1. The van der Waals surface area contributed by atoms with Crippen LogP contribution in [0.4, 0.5) is 5.69 Å². The lowest BCUT2D eigenvalue weighted by Crippen LogP contribution is -2.09. The minimum absolute atomic E-state index is 0.0270. The molecule has 0 atom stereocenters. The Bertz CT molecular complexity index is 713. The van der Waals surface area contributed by atoms with Crippen molar-refractivity contribution in [2.45, 2.75) is 6.42 Å². The van der Waals surface area contributed by atoms with Gasteiger partial charge in [0.15, 0.2) is 11.5 Å². The van der Waals surface area contributed by atoms with Crippen molar-refractivity contribution >= 4 is 11.7 Å². The fourth-order valence-electron chi connectivity index (χ4n) is 1.89. The molecule has 2 aromatic carbocycles. The lowest BCUT2D eigenvalue weighted by atomic mass is 10.1. The van der Waals surface area contributed by atoms with E-state index < -0.39 is 16.6 Å². The Morgan fingerprint density at radius 2 is 1.86 bits per heavy atom. The van der Waals surface area contributed by atoms with Crippen LogP contribution in [0, 0.1) is 10.1 Å². The van der Waals surface area contributed by atoms with Gasteiger partial charge >= 0.3 is 5.97 Å². The topological polar surface area (TPSA) is 110 Å². The van der Waals surface area contributed by atoms with E-state index in [-0.39, 0.29) is 30.0 Å². The molecule has 0 spiro atoms. The minimum atomic E-state index is -0.686. The number of carbonyl (C=O) groups excluding carboxylic acids is 1. The van der Waals surface area contributed by atoms with Gasteiger partial charge in [-0.15, -0.1) is 0 Å². The first kappa shape index (κ1) is 15.3. The lowest BCUT2D eigenvalue weighted by molar-refractivity contribution is -0.385. The zero-order valence-electron chi connectivity index (χ0n) is 11.4. The van der Waals surface area contributed by atoms with Crippen LogP contribution in [-0.4, -0.2) is 27.7 Å². The summed E-state index contributed by atoms with van der Waals surface area (Å²) in [5.41, 5.74) is 0.521. The molecule has 0 amide bonds. The molecule has 7 heteroatoms. The summed E-state index contributed by atoms with van der Waals surface area (Å²) >= 11 is 0. The van der Waals surface area contributed by atoms with Crippen molar-refractivity contribution in [3.8, 4) is 11.5 Å². The van der Waals surface area contributed by atoms with Crippen LogP contribution in [0.3, 0.4) is 0 Å². The normalized spacial score (nSPS) is 10.2. The van der Waals surface area contributed by atoms with E-state index in [0.717, 1.165) is 6.07 Å². The van der Waals surface area contributed by atoms with Gasteiger partial charge in [0.25, 0.3) is 5.69 Å². The number of nitro benzene ring substituents is 1. The number of phenolic OH excluding ortho intramolecular Hbond substituents is 2. The van der Waals surface area contributed by atoms with Crippen LogP contribution in [0.5, 0.6) is 11.5 Å². The maximum Gasteiger partial charge on any atom is 0.338 e. The second kappa shape index (κ2) is 6.57. The number of phenols is 2. The van der Waals surface area contributed by atoms with Crippen LogP contribution in [0.25, 0.3) is 0 Å². The average molecular weight is 303 g/mol. The third-order valence-corrected chi connectivity index (χ3v) is 3.00. The molecule has 0 aliphatic carbocycles. The summed E-state index contributed by atoms with van der Waals surface area (Å²) < 4.78 is 5.01. The Morgan fingerprint density at radius 1 is 1.14 bits per heavy atom. The van der Waals surface area contributed by atoms with E-state index in [1.54, 1.807) is 18.2 Å². The summed E-state index contributed by atoms with van der Waals surface area (Å²) in [6.45, 7) is -0.0364. The highest BCUT2D eigenvalue weighted by Crippen LogP contribution is 2.25. The molecule has 0 saturated carbocycles. The number of hydrogen-bond donors (Lipinski definition) is 2. The molecule has 0 fully saturated rings. The maximum absolute atomic E-state index is 11.8. The molecule has 2 aromatic rings. The first-order chi connectivity index (χ1) is 10.5. The van der Waals surface area contributed by atoms with E-state index >= 15 is 0 Å². The molecule has 114 valence electrons. The highest BCUT2D eigenvalue weighted by atomic mass is 16.6. The Morgan fingerprint density at radius 3 is 2.55 bits per heavy atom. The molecular weight excluding hydrogens is 290 g/mol. The molecule has 0 bridgehead atoms. The fraction of sp³-hybridized carbons (Fsp3) is 0.133. The molecule has 0 aliphatic rings. The van der Waals surface area contributed by atoms with E-state index in [1.807, 2.05) is 0 Å².